The van der Waals surface area contributed by atoms with Crippen molar-refractivity contribution < 1.29 is 0 Å². The summed E-state index contributed by atoms with van der Waals surface area (Å²) in [5.41, 5.74) is 7.29. The second-order valence-electron chi connectivity index (χ2n) is 7.97. The lowest BCUT2D eigenvalue weighted by Crippen LogP contribution is -2.08. The molecule has 0 aliphatic carbocycles. The molecule has 0 unspecified atom stereocenters. The van der Waals surface area contributed by atoms with Gasteiger partial charge in [0.1, 0.15) is 5.69 Å². The molecule has 3 aromatic heterocycles. The van der Waals surface area contributed by atoms with E-state index in [0.717, 1.165) is 45.2 Å². The Kier molecular flexibility index (Phi) is 5.22. The zero-order chi connectivity index (χ0) is 22.9. The smallest absolute Gasteiger partial charge is 0.222 e. The minimum Gasteiger partial charge on any atom is -0.437 e. The lowest BCUT2D eigenvalue weighted by molar-refractivity contribution is 0.771. The first-order valence-electron chi connectivity index (χ1n) is 10.5. The SMILES string of the molecule is [B]Nc1cccc(-c2nn(C)cc2-c2cnc3c(Nc4cccc(N(C)C)c4)nccn23)c1. The van der Waals surface area contributed by atoms with E-state index < -0.39 is 0 Å². The number of anilines is 4. The van der Waals surface area contributed by atoms with E-state index in [1.807, 2.05) is 80.5 Å². The predicted molar refractivity (Wildman–Crippen MR) is 134 cm³/mol. The number of hydrogen-bond acceptors (Lipinski definition) is 6. The van der Waals surface area contributed by atoms with Crippen LogP contribution in [0.15, 0.2) is 73.3 Å². The molecule has 2 radical (unpaired) electrons. The minimum absolute atomic E-state index is 0.680. The fourth-order valence-corrected chi connectivity index (χ4v) is 3.85. The standard InChI is InChI=1S/C24H23BN8/c1-31(2)19-9-5-7-17(13-19)28-23-24-27-14-21(33(24)11-10-26-23)20-15-32(3)30-22(20)16-6-4-8-18(12-16)29-25/h4-15,29H,1-3H3,(H,26,28). The van der Waals surface area contributed by atoms with Gasteiger partial charge in [-0.1, -0.05) is 18.2 Å². The number of imidazole rings is 1. The predicted octanol–water partition coefficient (Wildman–Crippen LogP) is 4.10. The Balaban J connectivity index is 1.58. The first-order chi connectivity index (χ1) is 16.0. The highest BCUT2D eigenvalue weighted by Crippen LogP contribution is 2.33. The average Bonchev–Trinajstić information content (AvgIpc) is 3.43. The number of benzene rings is 2. The molecule has 0 aliphatic rings. The third kappa shape index (κ3) is 3.89. The van der Waals surface area contributed by atoms with Crippen molar-refractivity contribution in [2.45, 2.75) is 0 Å². The summed E-state index contributed by atoms with van der Waals surface area (Å²) in [5, 5.41) is 10.8. The van der Waals surface area contributed by atoms with Crippen LogP contribution in [0.5, 0.6) is 0 Å². The molecule has 0 spiro atoms. The van der Waals surface area contributed by atoms with Crippen LogP contribution < -0.4 is 15.4 Å². The van der Waals surface area contributed by atoms with Crippen molar-refractivity contribution in [3.05, 3.63) is 73.3 Å². The highest BCUT2D eigenvalue weighted by atomic mass is 15.3. The van der Waals surface area contributed by atoms with Crippen LogP contribution in [-0.2, 0) is 7.05 Å². The van der Waals surface area contributed by atoms with E-state index in [9.17, 15) is 0 Å². The Hall–Kier alpha value is -4.27. The number of nitrogens with zero attached hydrogens (tertiary/aromatic N) is 6. The molecule has 0 bridgehead atoms. The number of hydrogen-bond donors (Lipinski definition) is 2. The van der Waals surface area contributed by atoms with Gasteiger partial charge >= 0.3 is 0 Å². The zero-order valence-electron chi connectivity index (χ0n) is 18.7. The van der Waals surface area contributed by atoms with Crippen molar-refractivity contribution in [1.29, 1.82) is 0 Å². The van der Waals surface area contributed by atoms with E-state index in [2.05, 4.69) is 37.5 Å². The topological polar surface area (TPSA) is 75.3 Å². The van der Waals surface area contributed by atoms with E-state index in [1.165, 1.54) is 0 Å². The van der Waals surface area contributed by atoms with E-state index in [0.29, 0.717) is 5.82 Å². The van der Waals surface area contributed by atoms with Crippen molar-refractivity contribution in [3.63, 3.8) is 0 Å². The quantitative estimate of drug-likeness (QED) is 0.392. The normalized spacial score (nSPS) is 11.0. The molecular formula is C24H23BN8. The molecule has 0 saturated heterocycles. The van der Waals surface area contributed by atoms with Gasteiger partial charge < -0.3 is 15.4 Å². The Morgan fingerprint density at radius 2 is 1.82 bits per heavy atom. The fraction of sp³-hybridized carbons (Fsp3) is 0.125. The average molecular weight is 434 g/mol. The monoisotopic (exact) mass is 434 g/mol. The lowest BCUT2D eigenvalue weighted by atomic mass is 10.1. The third-order valence-corrected chi connectivity index (χ3v) is 5.46. The van der Waals surface area contributed by atoms with E-state index in [-0.39, 0.29) is 0 Å². The van der Waals surface area contributed by atoms with Gasteiger partial charge in [-0.3, -0.25) is 9.08 Å². The fourth-order valence-electron chi connectivity index (χ4n) is 3.85. The van der Waals surface area contributed by atoms with Crippen molar-refractivity contribution in [3.8, 4) is 22.5 Å². The molecular weight excluding hydrogens is 411 g/mol. The van der Waals surface area contributed by atoms with Crippen LogP contribution in [0.1, 0.15) is 0 Å². The summed E-state index contributed by atoms with van der Waals surface area (Å²) in [6.07, 6.45) is 7.53. The molecule has 5 aromatic rings. The van der Waals surface area contributed by atoms with Crippen LogP contribution in [0.2, 0.25) is 0 Å². The Morgan fingerprint density at radius 1 is 1.00 bits per heavy atom. The molecule has 0 fully saturated rings. The van der Waals surface area contributed by atoms with Crippen LogP contribution in [0.3, 0.4) is 0 Å². The summed E-state index contributed by atoms with van der Waals surface area (Å²) in [7, 11) is 11.6. The van der Waals surface area contributed by atoms with Gasteiger partial charge in [0.15, 0.2) is 11.5 Å². The molecule has 3 heterocycles. The Labute approximate surface area is 193 Å². The highest BCUT2D eigenvalue weighted by Gasteiger charge is 2.18. The molecule has 0 atom stereocenters. The van der Waals surface area contributed by atoms with Gasteiger partial charge in [0.25, 0.3) is 0 Å². The molecule has 5 rings (SSSR count). The third-order valence-electron chi connectivity index (χ3n) is 5.46. The van der Waals surface area contributed by atoms with Gasteiger partial charge in [-0.2, -0.15) is 5.10 Å². The second-order valence-corrected chi connectivity index (χ2v) is 7.97. The molecule has 2 N–H and O–H groups in total. The maximum Gasteiger partial charge on any atom is 0.222 e. The first kappa shape index (κ1) is 20.6. The highest BCUT2D eigenvalue weighted by molar-refractivity contribution is 6.16. The first-order valence-corrected chi connectivity index (χ1v) is 10.5. The summed E-state index contributed by atoms with van der Waals surface area (Å²) < 4.78 is 3.83. The molecule has 2 aromatic carbocycles. The molecule has 33 heavy (non-hydrogen) atoms. The van der Waals surface area contributed by atoms with Crippen LogP contribution in [0.25, 0.3) is 28.2 Å². The van der Waals surface area contributed by atoms with Crippen LogP contribution in [-0.4, -0.2) is 46.2 Å². The number of fused-ring (bicyclic) bond motifs is 1. The summed E-state index contributed by atoms with van der Waals surface area (Å²) in [5.74, 6) is 0.680. The summed E-state index contributed by atoms with van der Waals surface area (Å²) in [6, 6.07) is 16.0. The number of aromatic nitrogens is 5. The molecule has 9 heteroatoms. The molecule has 0 aliphatic heterocycles. The van der Waals surface area contributed by atoms with Gasteiger partial charge in [-0.25, -0.2) is 9.97 Å². The molecule has 0 saturated carbocycles. The largest absolute Gasteiger partial charge is 0.437 e. The molecule has 0 amide bonds. The van der Waals surface area contributed by atoms with Gasteiger partial charge in [0, 0.05) is 67.9 Å². The van der Waals surface area contributed by atoms with Crippen LogP contribution >= 0.6 is 0 Å². The number of aryl methyl sites for hydroxylation is 1. The van der Waals surface area contributed by atoms with Gasteiger partial charge in [0.05, 0.1) is 11.9 Å². The maximum atomic E-state index is 5.61. The van der Waals surface area contributed by atoms with Crippen LogP contribution in [0.4, 0.5) is 22.9 Å². The Bertz CT molecular complexity index is 1440. The number of rotatable bonds is 6. The van der Waals surface area contributed by atoms with Crippen molar-refractivity contribution in [2.24, 2.45) is 7.05 Å². The summed E-state index contributed by atoms with van der Waals surface area (Å²) in [6.45, 7) is 0. The van der Waals surface area contributed by atoms with Crippen molar-refractivity contribution >= 4 is 36.5 Å². The second kappa shape index (κ2) is 8.35. The lowest BCUT2D eigenvalue weighted by Gasteiger charge is -2.14. The van der Waals surface area contributed by atoms with Crippen LogP contribution in [0, 0.1) is 0 Å². The van der Waals surface area contributed by atoms with Gasteiger partial charge in [-0.15, -0.1) is 0 Å². The molecule has 162 valence electrons. The summed E-state index contributed by atoms with van der Waals surface area (Å²) in [4.78, 5) is 11.3. The Morgan fingerprint density at radius 3 is 2.64 bits per heavy atom. The van der Waals surface area contributed by atoms with Gasteiger partial charge in [0.2, 0.25) is 7.98 Å². The number of nitrogens with one attached hydrogen (secondary N) is 2. The van der Waals surface area contributed by atoms with E-state index >= 15 is 0 Å². The van der Waals surface area contributed by atoms with Crippen molar-refractivity contribution in [2.75, 3.05) is 29.5 Å². The minimum atomic E-state index is 0.680. The van der Waals surface area contributed by atoms with Gasteiger partial charge in [-0.05, 0) is 30.3 Å². The molecule has 8 nitrogen and oxygen atoms in total. The van der Waals surface area contributed by atoms with E-state index in [4.69, 9.17) is 13.1 Å². The van der Waals surface area contributed by atoms with Crippen molar-refractivity contribution in [1.82, 2.24) is 24.1 Å². The summed E-state index contributed by atoms with van der Waals surface area (Å²) >= 11 is 0. The maximum absolute atomic E-state index is 5.61. The van der Waals surface area contributed by atoms with E-state index in [1.54, 1.807) is 10.9 Å². The zero-order valence-corrected chi connectivity index (χ0v) is 18.7.